The van der Waals surface area contributed by atoms with Crippen LogP contribution in [-0.2, 0) is 11.3 Å². The summed E-state index contributed by atoms with van der Waals surface area (Å²) in [4.78, 5) is 6.64. The SMILES string of the molecule is Cc1cc2c(cc1F)nc(N)n2CCCN1CCOCC1. The summed E-state index contributed by atoms with van der Waals surface area (Å²) in [6, 6.07) is 3.28. The Morgan fingerprint density at radius 1 is 1.29 bits per heavy atom. The van der Waals surface area contributed by atoms with Crippen molar-refractivity contribution in [2.24, 2.45) is 0 Å². The average molecular weight is 292 g/mol. The van der Waals surface area contributed by atoms with E-state index in [9.17, 15) is 4.39 Å². The lowest BCUT2D eigenvalue weighted by Crippen LogP contribution is -2.37. The largest absolute Gasteiger partial charge is 0.379 e. The number of imidazole rings is 1. The molecule has 1 aromatic heterocycles. The van der Waals surface area contributed by atoms with E-state index in [1.165, 1.54) is 6.07 Å². The molecule has 1 aromatic carbocycles. The van der Waals surface area contributed by atoms with Crippen molar-refractivity contribution in [3.05, 3.63) is 23.5 Å². The first-order valence-electron chi connectivity index (χ1n) is 7.37. The van der Waals surface area contributed by atoms with E-state index in [-0.39, 0.29) is 5.82 Å². The van der Waals surface area contributed by atoms with Gasteiger partial charge in [-0.3, -0.25) is 4.90 Å². The van der Waals surface area contributed by atoms with E-state index in [0.717, 1.165) is 51.3 Å². The average Bonchev–Trinajstić information content (AvgIpc) is 2.76. The van der Waals surface area contributed by atoms with Crippen LogP contribution in [0.15, 0.2) is 12.1 Å². The van der Waals surface area contributed by atoms with Crippen LogP contribution < -0.4 is 5.73 Å². The Kier molecular flexibility index (Phi) is 4.07. The molecule has 0 spiro atoms. The lowest BCUT2D eigenvalue weighted by Gasteiger charge is -2.26. The first-order chi connectivity index (χ1) is 10.1. The fourth-order valence-electron chi connectivity index (χ4n) is 2.78. The smallest absolute Gasteiger partial charge is 0.201 e. The molecular weight excluding hydrogens is 271 g/mol. The van der Waals surface area contributed by atoms with Crippen LogP contribution in [0, 0.1) is 12.7 Å². The highest BCUT2D eigenvalue weighted by Gasteiger charge is 2.13. The van der Waals surface area contributed by atoms with E-state index in [4.69, 9.17) is 10.5 Å². The maximum Gasteiger partial charge on any atom is 0.201 e. The summed E-state index contributed by atoms with van der Waals surface area (Å²) in [6.07, 6.45) is 0.992. The number of rotatable bonds is 4. The minimum Gasteiger partial charge on any atom is -0.379 e. The molecule has 2 heterocycles. The molecule has 0 unspecified atom stereocenters. The number of nitrogens with two attached hydrogens (primary N) is 1. The summed E-state index contributed by atoms with van der Waals surface area (Å²) in [5.41, 5.74) is 8.13. The third-order valence-electron chi connectivity index (χ3n) is 4.02. The van der Waals surface area contributed by atoms with Gasteiger partial charge < -0.3 is 15.0 Å². The number of hydrogen-bond acceptors (Lipinski definition) is 4. The second-order valence-electron chi connectivity index (χ2n) is 5.52. The monoisotopic (exact) mass is 292 g/mol. The topological polar surface area (TPSA) is 56.3 Å². The Morgan fingerprint density at radius 3 is 2.81 bits per heavy atom. The molecule has 21 heavy (non-hydrogen) atoms. The summed E-state index contributed by atoms with van der Waals surface area (Å²) < 4.78 is 20.9. The Bertz CT molecular complexity index is 634. The number of morpholine rings is 1. The zero-order valence-corrected chi connectivity index (χ0v) is 12.3. The molecule has 1 aliphatic rings. The predicted molar refractivity (Wildman–Crippen MR) is 80.7 cm³/mol. The van der Waals surface area contributed by atoms with Crippen LogP contribution in [0.2, 0.25) is 0 Å². The quantitative estimate of drug-likeness (QED) is 0.933. The fourth-order valence-corrected chi connectivity index (χ4v) is 2.78. The summed E-state index contributed by atoms with van der Waals surface area (Å²) in [5, 5.41) is 0. The van der Waals surface area contributed by atoms with Crippen LogP contribution in [0.3, 0.4) is 0 Å². The molecule has 2 aromatic rings. The van der Waals surface area contributed by atoms with Gasteiger partial charge in [0.25, 0.3) is 0 Å². The first kappa shape index (κ1) is 14.3. The van der Waals surface area contributed by atoms with Gasteiger partial charge >= 0.3 is 0 Å². The maximum absolute atomic E-state index is 13.6. The van der Waals surface area contributed by atoms with Crippen molar-refractivity contribution >= 4 is 17.0 Å². The summed E-state index contributed by atoms with van der Waals surface area (Å²) in [6.45, 7) is 7.18. The Balaban J connectivity index is 1.71. The zero-order valence-electron chi connectivity index (χ0n) is 12.3. The van der Waals surface area contributed by atoms with Gasteiger partial charge in [-0.2, -0.15) is 0 Å². The number of halogens is 1. The van der Waals surface area contributed by atoms with Crippen LogP contribution in [-0.4, -0.2) is 47.3 Å². The van der Waals surface area contributed by atoms with Gasteiger partial charge in [-0.25, -0.2) is 9.37 Å². The molecule has 1 aliphatic heterocycles. The van der Waals surface area contributed by atoms with Gasteiger partial charge in [0.2, 0.25) is 5.95 Å². The van der Waals surface area contributed by atoms with Gasteiger partial charge in [0.05, 0.1) is 24.2 Å². The van der Waals surface area contributed by atoms with Crippen molar-refractivity contribution in [1.29, 1.82) is 0 Å². The van der Waals surface area contributed by atoms with Gasteiger partial charge in [-0.05, 0) is 25.0 Å². The van der Waals surface area contributed by atoms with Gasteiger partial charge in [-0.15, -0.1) is 0 Å². The normalized spacial score (nSPS) is 16.7. The number of aromatic nitrogens is 2. The van der Waals surface area contributed by atoms with E-state index in [1.54, 1.807) is 6.92 Å². The standard InChI is InChI=1S/C15H21FN4O/c1-11-9-14-13(10-12(11)16)18-15(17)20(14)4-2-3-19-5-7-21-8-6-19/h9-10H,2-8H2,1H3,(H2,17,18). The minimum atomic E-state index is -0.236. The molecule has 1 fully saturated rings. The molecule has 0 atom stereocenters. The van der Waals surface area contributed by atoms with E-state index in [2.05, 4.69) is 9.88 Å². The number of nitrogen functional groups attached to an aromatic ring is 1. The highest BCUT2D eigenvalue weighted by molar-refractivity contribution is 5.79. The Hall–Kier alpha value is -1.66. The van der Waals surface area contributed by atoms with Crippen LogP contribution in [0.25, 0.3) is 11.0 Å². The lowest BCUT2D eigenvalue weighted by atomic mass is 10.2. The molecule has 2 N–H and O–H groups in total. The van der Waals surface area contributed by atoms with Crippen molar-refractivity contribution in [2.45, 2.75) is 19.9 Å². The summed E-state index contributed by atoms with van der Waals surface area (Å²) in [7, 11) is 0. The lowest BCUT2D eigenvalue weighted by molar-refractivity contribution is 0.0370. The molecule has 0 bridgehead atoms. The van der Waals surface area contributed by atoms with E-state index in [0.29, 0.717) is 17.0 Å². The molecule has 3 rings (SSSR count). The van der Waals surface area contributed by atoms with Crippen molar-refractivity contribution < 1.29 is 9.13 Å². The number of nitrogens with zero attached hydrogens (tertiary/aromatic N) is 3. The van der Waals surface area contributed by atoms with Gasteiger partial charge in [0, 0.05) is 32.2 Å². The zero-order chi connectivity index (χ0) is 14.8. The van der Waals surface area contributed by atoms with Crippen LogP contribution in [0.5, 0.6) is 0 Å². The van der Waals surface area contributed by atoms with Crippen molar-refractivity contribution in [3.63, 3.8) is 0 Å². The summed E-state index contributed by atoms with van der Waals surface area (Å²) in [5.74, 6) is 0.220. The van der Waals surface area contributed by atoms with Crippen LogP contribution in [0.4, 0.5) is 10.3 Å². The van der Waals surface area contributed by atoms with E-state index < -0.39 is 0 Å². The number of fused-ring (bicyclic) bond motifs is 1. The molecule has 114 valence electrons. The molecule has 0 aliphatic carbocycles. The Morgan fingerprint density at radius 2 is 2.05 bits per heavy atom. The van der Waals surface area contributed by atoms with E-state index >= 15 is 0 Å². The molecule has 0 radical (unpaired) electrons. The second kappa shape index (κ2) is 5.99. The van der Waals surface area contributed by atoms with E-state index in [1.807, 2.05) is 10.6 Å². The van der Waals surface area contributed by atoms with Crippen molar-refractivity contribution in [3.8, 4) is 0 Å². The molecule has 6 heteroatoms. The first-order valence-corrected chi connectivity index (χ1v) is 7.37. The van der Waals surface area contributed by atoms with Gasteiger partial charge in [-0.1, -0.05) is 0 Å². The maximum atomic E-state index is 13.6. The predicted octanol–water partition coefficient (Wildman–Crippen LogP) is 1.79. The molecule has 0 saturated carbocycles. The van der Waals surface area contributed by atoms with Crippen molar-refractivity contribution in [1.82, 2.24) is 14.5 Å². The molecule has 0 amide bonds. The molecule has 5 nitrogen and oxygen atoms in total. The number of ether oxygens (including phenoxy) is 1. The molecule has 1 saturated heterocycles. The number of benzene rings is 1. The highest BCUT2D eigenvalue weighted by Crippen LogP contribution is 2.21. The van der Waals surface area contributed by atoms with Gasteiger partial charge in [0.15, 0.2) is 0 Å². The van der Waals surface area contributed by atoms with Crippen molar-refractivity contribution in [2.75, 3.05) is 38.6 Å². The molecular formula is C15H21FN4O. The van der Waals surface area contributed by atoms with Crippen LogP contribution in [0.1, 0.15) is 12.0 Å². The number of anilines is 1. The minimum absolute atomic E-state index is 0.236. The van der Waals surface area contributed by atoms with Gasteiger partial charge in [0.1, 0.15) is 5.82 Å². The second-order valence-corrected chi connectivity index (χ2v) is 5.52. The third kappa shape index (κ3) is 3.01. The number of aryl methyl sites for hydroxylation is 2. The fraction of sp³-hybridized carbons (Fsp3) is 0.533. The van der Waals surface area contributed by atoms with Crippen LogP contribution >= 0.6 is 0 Å². The summed E-state index contributed by atoms with van der Waals surface area (Å²) >= 11 is 0. The Labute approximate surface area is 123 Å². The third-order valence-corrected chi connectivity index (χ3v) is 4.02. The highest BCUT2D eigenvalue weighted by atomic mass is 19.1. The number of hydrogen-bond donors (Lipinski definition) is 1.